The SMILES string of the molecule is CO.Cl.[Cu].[NaH]. The molecule has 0 heterocycles. The summed E-state index contributed by atoms with van der Waals surface area (Å²) in [6.07, 6.45) is 0. The van der Waals surface area contributed by atoms with Gasteiger partial charge in [0, 0.05) is 24.2 Å². The average Bonchev–Trinajstić information content (AvgIpc) is 1.00. The standard InChI is InChI=1S/CH4O.ClH.Cu.Na.H/c1-2;;;;/h2H,1H3;1H;;;. The second-order valence-corrected chi connectivity index (χ2v) is 0. The Morgan fingerprint density at radius 2 is 1.20 bits per heavy atom. The molecule has 4 heteroatoms. The molecule has 0 unspecified atom stereocenters. The molecule has 0 bridgehead atoms. The van der Waals surface area contributed by atoms with Crippen LogP contribution >= 0.6 is 12.4 Å². The van der Waals surface area contributed by atoms with Crippen molar-refractivity contribution in [1.29, 1.82) is 0 Å². The summed E-state index contributed by atoms with van der Waals surface area (Å²) in [7, 11) is 1.00. The van der Waals surface area contributed by atoms with Crippen molar-refractivity contribution in [1.82, 2.24) is 0 Å². The molecule has 0 aromatic carbocycles. The molecule has 35 valence electrons. The van der Waals surface area contributed by atoms with Gasteiger partial charge in [0.15, 0.2) is 0 Å². The zero-order valence-electron chi connectivity index (χ0n) is 2.16. The van der Waals surface area contributed by atoms with Crippen LogP contribution in [0.4, 0.5) is 0 Å². The fraction of sp³-hybridized carbons (Fsp3) is 1.00. The van der Waals surface area contributed by atoms with Gasteiger partial charge in [-0.25, -0.2) is 0 Å². The van der Waals surface area contributed by atoms with Crippen molar-refractivity contribution in [3.8, 4) is 0 Å². The summed E-state index contributed by atoms with van der Waals surface area (Å²) in [5, 5.41) is 7.00. The van der Waals surface area contributed by atoms with Crippen LogP contribution in [0.15, 0.2) is 0 Å². The summed E-state index contributed by atoms with van der Waals surface area (Å²) in [4.78, 5) is 0. The van der Waals surface area contributed by atoms with Gasteiger partial charge in [0.2, 0.25) is 0 Å². The van der Waals surface area contributed by atoms with E-state index in [1.54, 1.807) is 0 Å². The van der Waals surface area contributed by atoms with Gasteiger partial charge in [0.1, 0.15) is 0 Å². The molecular formula is CH6ClCuNaO. The Kier molecular flexibility index (Phi) is 246. The van der Waals surface area contributed by atoms with E-state index in [-0.39, 0.29) is 59.0 Å². The number of rotatable bonds is 0. The second-order valence-electron chi connectivity index (χ2n) is 0. The Hall–Kier alpha value is 1.77. The van der Waals surface area contributed by atoms with E-state index in [1.807, 2.05) is 0 Å². The van der Waals surface area contributed by atoms with Crippen LogP contribution in [0.1, 0.15) is 0 Å². The first-order chi connectivity index (χ1) is 1.00. The maximum absolute atomic E-state index is 7.00. The third-order valence-electron chi connectivity index (χ3n) is 0. The van der Waals surface area contributed by atoms with E-state index in [0.717, 1.165) is 7.11 Å². The predicted octanol–water partition coefficient (Wildman–Crippen LogP) is -0.621. The number of aliphatic hydroxyl groups is 1. The van der Waals surface area contributed by atoms with Gasteiger partial charge in [-0.15, -0.1) is 12.4 Å². The van der Waals surface area contributed by atoms with E-state index >= 15 is 0 Å². The van der Waals surface area contributed by atoms with E-state index in [4.69, 9.17) is 5.11 Å². The zero-order chi connectivity index (χ0) is 2.00. The van der Waals surface area contributed by atoms with Crippen LogP contribution in [0.3, 0.4) is 0 Å². The predicted molar refractivity (Wildman–Crippen MR) is 22.5 cm³/mol. The Bertz CT molecular complexity index is 11.6. The monoisotopic (exact) mass is 155 g/mol. The fourth-order valence-corrected chi connectivity index (χ4v) is 0. The van der Waals surface area contributed by atoms with E-state index < -0.39 is 0 Å². The first-order valence-corrected chi connectivity index (χ1v) is 0.447. The van der Waals surface area contributed by atoms with Gasteiger partial charge >= 0.3 is 29.6 Å². The van der Waals surface area contributed by atoms with Gasteiger partial charge < -0.3 is 5.11 Å². The van der Waals surface area contributed by atoms with E-state index in [0.29, 0.717) is 0 Å². The van der Waals surface area contributed by atoms with Crippen molar-refractivity contribution < 1.29 is 22.2 Å². The molecule has 0 spiro atoms. The van der Waals surface area contributed by atoms with Crippen LogP contribution < -0.4 is 0 Å². The summed E-state index contributed by atoms with van der Waals surface area (Å²) < 4.78 is 0. The zero-order valence-corrected chi connectivity index (χ0v) is 3.92. The molecule has 0 aromatic rings. The number of hydrogen-bond acceptors (Lipinski definition) is 1. The molecule has 0 saturated carbocycles. The molecule has 0 aromatic heterocycles. The van der Waals surface area contributed by atoms with Gasteiger partial charge in [-0.2, -0.15) is 0 Å². The molecule has 0 amide bonds. The number of aliphatic hydroxyl groups excluding tert-OH is 1. The van der Waals surface area contributed by atoms with E-state index in [9.17, 15) is 0 Å². The topological polar surface area (TPSA) is 20.2 Å². The van der Waals surface area contributed by atoms with Crippen molar-refractivity contribution in [2.45, 2.75) is 0 Å². The fourth-order valence-electron chi connectivity index (χ4n) is 0. The quantitative estimate of drug-likeness (QED) is 0.463. The summed E-state index contributed by atoms with van der Waals surface area (Å²) in [6.45, 7) is 0. The number of halogens is 1. The molecule has 0 aliphatic heterocycles. The van der Waals surface area contributed by atoms with Crippen molar-refractivity contribution >= 4 is 42.0 Å². The molecule has 0 aliphatic carbocycles. The Balaban J connectivity index is -0.00000000167. The summed E-state index contributed by atoms with van der Waals surface area (Å²) in [6, 6.07) is 0. The summed E-state index contributed by atoms with van der Waals surface area (Å²) >= 11 is 0. The average molecular weight is 156 g/mol. The first kappa shape index (κ1) is 29.4. The third-order valence-corrected chi connectivity index (χ3v) is 0. The molecule has 1 N–H and O–H groups in total. The second kappa shape index (κ2) is 41.9. The molecular weight excluding hydrogens is 150 g/mol. The minimum atomic E-state index is 0. The van der Waals surface area contributed by atoms with Crippen molar-refractivity contribution in [3.05, 3.63) is 0 Å². The molecule has 0 rings (SSSR count). The number of hydrogen-bond donors (Lipinski definition) is 1. The third kappa shape index (κ3) is 26.2. The van der Waals surface area contributed by atoms with Crippen LogP contribution in [0.5, 0.6) is 0 Å². The van der Waals surface area contributed by atoms with Crippen LogP contribution in [0.2, 0.25) is 0 Å². The maximum atomic E-state index is 7.00. The molecule has 0 saturated heterocycles. The van der Waals surface area contributed by atoms with Crippen LogP contribution in [-0.2, 0) is 17.1 Å². The molecule has 1 radical (unpaired) electrons. The molecule has 0 atom stereocenters. The first-order valence-electron chi connectivity index (χ1n) is 0.447. The van der Waals surface area contributed by atoms with Crippen LogP contribution in [0, 0.1) is 0 Å². The van der Waals surface area contributed by atoms with Crippen LogP contribution in [0.25, 0.3) is 0 Å². The Morgan fingerprint density at radius 1 is 1.20 bits per heavy atom. The van der Waals surface area contributed by atoms with Crippen LogP contribution in [-0.4, -0.2) is 41.8 Å². The summed E-state index contributed by atoms with van der Waals surface area (Å²) in [5.74, 6) is 0. The van der Waals surface area contributed by atoms with Gasteiger partial charge in [-0.1, -0.05) is 0 Å². The van der Waals surface area contributed by atoms with Crippen molar-refractivity contribution in [2.75, 3.05) is 7.11 Å². The van der Waals surface area contributed by atoms with Gasteiger partial charge in [-0.3, -0.25) is 0 Å². The van der Waals surface area contributed by atoms with Crippen molar-refractivity contribution in [2.24, 2.45) is 0 Å². The summed E-state index contributed by atoms with van der Waals surface area (Å²) in [5.41, 5.74) is 0. The molecule has 0 fully saturated rings. The molecule has 0 aliphatic rings. The van der Waals surface area contributed by atoms with Gasteiger partial charge in [-0.05, 0) is 0 Å². The van der Waals surface area contributed by atoms with Gasteiger partial charge in [0.25, 0.3) is 0 Å². The normalized spacial score (nSPS) is 1.20. The van der Waals surface area contributed by atoms with E-state index in [2.05, 4.69) is 0 Å². The minimum absolute atomic E-state index is 0. The Morgan fingerprint density at radius 3 is 1.20 bits per heavy atom. The molecule has 5 heavy (non-hydrogen) atoms. The Labute approximate surface area is 70.7 Å². The van der Waals surface area contributed by atoms with Gasteiger partial charge in [0.05, 0.1) is 0 Å². The van der Waals surface area contributed by atoms with Crippen molar-refractivity contribution in [3.63, 3.8) is 0 Å². The van der Waals surface area contributed by atoms with E-state index in [1.165, 1.54) is 0 Å². The molecule has 1 nitrogen and oxygen atoms in total.